The molecule has 4 fully saturated rings. The fourth-order valence-electron chi connectivity index (χ4n) is 7.27. The lowest BCUT2D eigenvalue weighted by Gasteiger charge is -2.39. The Morgan fingerprint density at radius 2 is 2.00 bits per heavy atom. The molecule has 1 aromatic carbocycles. The lowest BCUT2D eigenvalue weighted by atomic mass is 10.1. The number of piperazine rings is 1. The van der Waals surface area contributed by atoms with Crippen LogP contribution < -0.4 is 5.32 Å². The Hall–Kier alpha value is -2.89. The summed E-state index contributed by atoms with van der Waals surface area (Å²) in [5, 5.41) is 13.9. The molecule has 12 nitrogen and oxygen atoms in total. The molecule has 0 aromatic heterocycles. The maximum Gasteiger partial charge on any atom is 0.408 e. The number of piperidine rings is 1. The number of alkyl carbamates (subject to hydrolysis) is 1. The van der Waals surface area contributed by atoms with Gasteiger partial charge in [0.15, 0.2) is 0 Å². The van der Waals surface area contributed by atoms with Gasteiger partial charge in [-0.25, -0.2) is 4.79 Å². The van der Waals surface area contributed by atoms with E-state index in [9.17, 15) is 19.6 Å². The molecular formula is C30H40N6O6S. The fourth-order valence-corrected chi connectivity index (χ4v) is 7.81. The topological polar surface area (TPSA) is 128 Å². The monoisotopic (exact) mass is 612 g/mol. The molecule has 43 heavy (non-hydrogen) atoms. The number of benzene rings is 1. The van der Waals surface area contributed by atoms with E-state index in [0.717, 1.165) is 36.2 Å². The maximum absolute atomic E-state index is 13.8. The first kappa shape index (κ1) is 30.1. The van der Waals surface area contributed by atoms with Gasteiger partial charge in [0.05, 0.1) is 30.2 Å². The number of nitrogens with zero attached hydrogens (tertiary/aromatic N) is 5. The van der Waals surface area contributed by atoms with Crippen LogP contribution in [-0.4, -0.2) is 101 Å². The van der Waals surface area contributed by atoms with Gasteiger partial charge >= 0.3 is 6.09 Å². The second kappa shape index (κ2) is 11.6. The molecule has 0 spiro atoms. The predicted octanol–water partition coefficient (Wildman–Crippen LogP) is 2.80. The van der Waals surface area contributed by atoms with Crippen LogP contribution in [0.15, 0.2) is 23.1 Å². The van der Waals surface area contributed by atoms with Crippen molar-refractivity contribution < 1.29 is 28.4 Å². The van der Waals surface area contributed by atoms with Gasteiger partial charge in [0, 0.05) is 44.2 Å². The molecule has 0 unspecified atom stereocenters. The second-order valence-electron chi connectivity index (χ2n) is 13.4. The summed E-state index contributed by atoms with van der Waals surface area (Å²) < 4.78 is 10.7. The zero-order chi connectivity index (χ0) is 30.6. The van der Waals surface area contributed by atoms with Gasteiger partial charge in [0.1, 0.15) is 17.7 Å². The number of ether oxygens (including phenoxy) is 1. The van der Waals surface area contributed by atoms with Crippen LogP contribution in [-0.2, 0) is 30.1 Å². The number of carbonyl (C=O) groups excluding carboxylic acids is 3. The van der Waals surface area contributed by atoms with E-state index in [1.54, 1.807) is 39.8 Å². The summed E-state index contributed by atoms with van der Waals surface area (Å²) in [6.07, 6.45) is 3.32. The van der Waals surface area contributed by atoms with Crippen molar-refractivity contribution >= 4 is 30.0 Å². The Bertz CT molecular complexity index is 1330. The minimum atomic E-state index is -0.910. The van der Waals surface area contributed by atoms with Crippen LogP contribution in [0.1, 0.15) is 63.6 Å². The van der Waals surface area contributed by atoms with Gasteiger partial charge in [-0.2, -0.15) is 10.3 Å². The number of amides is 3. The standard InChI is InChI=1S/C30H40N6O6S/c1-30(2,3)40-29(39)32-23(27(37)35-19(14-31)10-18-12-25(18)35)16-34-15-20-13-26(34)28(38)36(20)24-9-6-17-11-21(7-8-22(17)24)43-42-41-33(4)5/h7-8,11,18-20,23-26H,6,9-10,12-13,15-16H2,1-5H3,(H,32,39)/t18-,19+,20+,23+,24-,25+,26+/m1/s1. The van der Waals surface area contributed by atoms with Crippen molar-refractivity contribution in [2.24, 2.45) is 5.92 Å². The smallest absolute Gasteiger partial charge is 0.408 e. The molecule has 0 radical (unpaired) electrons. The Kier molecular flexibility index (Phi) is 8.10. The van der Waals surface area contributed by atoms with E-state index in [2.05, 4.69) is 23.5 Å². The number of hydrogen-bond donors (Lipinski definition) is 1. The largest absolute Gasteiger partial charge is 0.444 e. The van der Waals surface area contributed by atoms with E-state index < -0.39 is 23.8 Å². The number of aryl methyl sites for hydroxylation is 1. The molecule has 232 valence electrons. The lowest BCUT2D eigenvalue weighted by Crippen LogP contribution is -2.59. The molecule has 7 atom stereocenters. The molecular weight excluding hydrogens is 572 g/mol. The SMILES string of the molecule is CN(C)OOSc1ccc2c(c1)CC[C@H]2N1C(=O)[C@@H]2C[C@H]1CN2C[C@H](NC(=O)OC(C)(C)C)C(=O)N1[C@H](C#N)C[C@@H]2C[C@@H]21. The van der Waals surface area contributed by atoms with Crippen molar-refractivity contribution in [3.63, 3.8) is 0 Å². The summed E-state index contributed by atoms with van der Waals surface area (Å²) in [7, 11) is 3.48. The number of hydrogen-bond acceptors (Lipinski definition) is 10. The number of likely N-dealkylation sites (tertiary alicyclic amines) is 3. The Labute approximate surface area is 256 Å². The number of hydroxylamine groups is 2. The number of rotatable bonds is 9. The van der Waals surface area contributed by atoms with Crippen LogP contribution in [0.5, 0.6) is 0 Å². The molecule has 3 heterocycles. The third-order valence-corrected chi connectivity index (χ3v) is 9.61. The first-order chi connectivity index (χ1) is 20.4. The zero-order valence-corrected chi connectivity index (χ0v) is 26.1. The average Bonchev–Trinajstić information content (AvgIpc) is 3.25. The summed E-state index contributed by atoms with van der Waals surface area (Å²) in [6.45, 7) is 6.13. The third kappa shape index (κ3) is 6.08. The Morgan fingerprint density at radius 1 is 1.21 bits per heavy atom. The zero-order valence-electron chi connectivity index (χ0n) is 25.3. The first-order valence-corrected chi connectivity index (χ1v) is 15.8. The number of carbonyl (C=O) groups is 3. The minimum Gasteiger partial charge on any atom is -0.444 e. The van der Waals surface area contributed by atoms with Crippen molar-refractivity contribution in [2.75, 3.05) is 27.2 Å². The summed E-state index contributed by atoms with van der Waals surface area (Å²) >= 11 is 1.15. The normalized spacial score (nSPS) is 29.9. The highest BCUT2D eigenvalue weighted by molar-refractivity contribution is 7.94. The van der Waals surface area contributed by atoms with Crippen LogP contribution in [0.2, 0.25) is 0 Å². The summed E-state index contributed by atoms with van der Waals surface area (Å²) in [6, 6.07) is 6.78. The van der Waals surface area contributed by atoms with Gasteiger partial charge in [0.25, 0.3) is 0 Å². The molecule has 1 N–H and O–H groups in total. The summed E-state index contributed by atoms with van der Waals surface area (Å²) in [5.41, 5.74) is 1.65. The maximum atomic E-state index is 13.8. The van der Waals surface area contributed by atoms with Crippen LogP contribution in [0, 0.1) is 17.2 Å². The molecule has 6 rings (SSSR count). The van der Waals surface area contributed by atoms with Gasteiger partial charge in [-0.05, 0) is 82.1 Å². The van der Waals surface area contributed by atoms with Gasteiger partial charge in [-0.3, -0.25) is 14.5 Å². The van der Waals surface area contributed by atoms with E-state index in [4.69, 9.17) is 14.1 Å². The highest BCUT2D eigenvalue weighted by atomic mass is 32.2. The average molecular weight is 613 g/mol. The van der Waals surface area contributed by atoms with Gasteiger partial charge in [-0.15, -0.1) is 9.32 Å². The van der Waals surface area contributed by atoms with E-state index in [0.29, 0.717) is 25.3 Å². The molecule has 1 aromatic rings. The molecule has 13 heteroatoms. The van der Waals surface area contributed by atoms with Crippen molar-refractivity contribution in [1.29, 1.82) is 5.26 Å². The van der Waals surface area contributed by atoms with E-state index >= 15 is 0 Å². The molecule has 2 bridgehead atoms. The number of nitrogens with one attached hydrogen (secondary N) is 1. The Morgan fingerprint density at radius 3 is 2.70 bits per heavy atom. The van der Waals surface area contributed by atoms with Crippen LogP contribution >= 0.6 is 12.0 Å². The van der Waals surface area contributed by atoms with Crippen molar-refractivity contribution in [3.05, 3.63) is 29.3 Å². The highest BCUT2D eigenvalue weighted by Crippen LogP contribution is 2.48. The molecule has 5 aliphatic rings. The fraction of sp³-hybridized carbons (Fsp3) is 0.667. The highest BCUT2D eigenvalue weighted by Gasteiger charge is 2.57. The van der Waals surface area contributed by atoms with Gasteiger partial charge in [0.2, 0.25) is 11.8 Å². The van der Waals surface area contributed by atoms with Crippen LogP contribution in [0.3, 0.4) is 0 Å². The summed E-state index contributed by atoms with van der Waals surface area (Å²) in [4.78, 5) is 52.1. The molecule has 3 aliphatic heterocycles. The third-order valence-electron chi connectivity index (χ3n) is 9.03. The number of fused-ring (bicyclic) bond motifs is 4. The van der Waals surface area contributed by atoms with Crippen LogP contribution in [0.25, 0.3) is 0 Å². The first-order valence-electron chi connectivity index (χ1n) is 15.0. The van der Waals surface area contributed by atoms with Crippen molar-refractivity contribution in [3.8, 4) is 6.07 Å². The van der Waals surface area contributed by atoms with E-state index in [1.807, 2.05) is 15.9 Å². The van der Waals surface area contributed by atoms with Gasteiger partial charge in [-0.1, -0.05) is 6.07 Å². The minimum absolute atomic E-state index is 0.0164. The lowest BCUT2D eigenvalue weighted by molar-refractivity contribution is -0.340. The second-order valence-corrected chi connectivity index (χ2v) is 14.2. The molecule has 3 amide bonds. The van der Waals surface area contributed by atoms with Crippen LogP contribution in [0.4, 0.5) is 4.79 Å². The molecule has 3 saturated heterocycles. The van der Waals surface area contributed by atoms with Crippen molar-refractivity contribution in [2.45, 2.75) is 99.6 Å². The van der Waals surface area contributed by atoms with E-state index in [-0.39, 0.29) is 42.5 Å². The molecule has 2 aliphatic carbocycles. The van der Waals surface area contributed by atoms with Crippen molar-refractivity contribution in [1.82, 2.24) is 25.1 Å². The quantitative estimate of drug-likeness (QED) is 0.253. The molecule has 1 saturated carbocycles. The number of nitriles is 1. The predicted molar refractivity (Wildman–Crippen MR) is 156 cm³/mol. The summed E-state index contributed by atoms with van der Waals surface area (Å²) in [5.74, 6) is 0.154. The Balaban J connectivity index is 1.13. The van der Waals surface area contributed by atoms with Gasteiger partial charge < -0.3 is 19.9 Å². The van der Waals surface area contributed by atoms with E-state index in [1.165, 1.54) is 16.2 Å².